The molecule has 0 aromatic heterocycles. The number of fused-ring (bicyclic) bond motifs is 1. The second-order valence-corrected chi connectivity index (χ2v) is 6.22. The molecular formula is C16H17ClF3NO6. The molecule has 27 heavy (non-hydrogen) atoms. The average molecular weight is 412 g/mol. The molecule has 150 valence electrons. The molecule has 1 aromatic rings. The van der Waals surface area contributed by atoms with E-state index in [1.807, 2.05) is 0 Å². The Bertz CT molecular complexity index is 747. The zero-order chi connectivity index (χ0) is 20.4. The van der Waals surface area contributed by atoms with Crippen molar-refractivity contribution >= 4 is 23.6 Å². The quantitative estimate of drug-likeness (QED) is 0.421. The number of halogens is 4. The summed E-state index contributed by atoms with van der Waals surface area (Å²) in [5.74, 6) is 3.49. The van der Waals surface area contributed by atoms with Gasteiger partial charge in [-0.3, -0.25) is 5.26 Å². The fourth-order valence-electron chi connectivity index (χ4n) is 2.57. The third-order valence-electron chi connectivity index (χ3n) is 3.87. The summed E-state index contributed by atoms with van der Waals surface area (Å²) in [5.41, 5.74) is 0.452. The molecule has 0 spiro atoms. The van der Waals surface area contributed by atoms with Crippen LogP contribution in [-0.2, 0) is 19.3 Å². The monoisotopic (exact) mass is 411 g/mol. The minimum absolute atomic E-state index is 0.0474. The molecule has 11 heteroatoms. The van der Waals surface area contributed by atoms with Crippen LogP contribution in [-0.4, -0.2) is 42.8 Å². The highest BCUT2D eigenvalue weighted by atomic mass is 35.5. The van der Waals surface area contributed by atoms with E-state index in [0.29, 0.717) is 16.1 Å². The van der Waals surface area contributed by atoms with Gasteiger partial charge in [-0.1, -0.05) is 11.6 Å². The first kappa shape index (κ1) is 21.5. The van der Waals surface area contributed by atoms with Crippen LogP contribution in [0.4, 0.5) is 13.2 Å². The Balaban J connectivity index is 2.46. The van der Waals surface area contributed by atoms with Crippen molar-refractivity contribution in [1.82, 2.24) is 0 Å². The van der Waals surface area contributed by atoms with E-state index in [4.69, 9.17) is 32.2 Å². The maximum atomic E-state index is 13.5. The zero-order valence-electron chi connectivity index (χ0n) is 14.3. The van der Waals surface area contributed by atoms with Crippen molar-refractivity contribution in [3.8, 4) is 5.75 Å². The fourth-order valence-corrected chi connectivity index (χ4v) is 2.73. The van der Waals surface area contributed by atoms with Gasteiger partial charge in [0.25, 0.3) is 0 Å². The largest absolute Gasteiger partial charge is 0.475 e. The van der Waals surface area contributed by atoms with Gasteiger partial charge in [-0.25, -0.2) is 15.6 Å². The van der Waals surface area contributed by atoms with Crippen LogP contribution in [0.25, 0.3) is 6.08 Å². The SMILES string of the molecule is Cc1cc2c(c(C)c1Cl)C=C(C(=O)OC(CON)COO)[C@@H](C(F)(F)F)O2. The first-order valence-corrected chi connectivity index (χ1v) is 8.01. The zero-order valence-corrected chi connectivity index (χ0v) is 15.1. The van der Waals surface area contributed by atoms with E-state index in [1.54, 1.807) is 13.8 Å². The topological polar surface area (TPSA) is 100 Å². The van der Waals surface area contributed by atoms with Gasteiger partial charge in [0.05, 0.1) is 5.57 Å². The highest BCUT2D eigenvalue weighted by Crippen LogP contribution is 2.41. The first-order chi connectivity index (χ1) is 12.6. The van der Waals surface area contributed by atoms with Gasteiger partial charge in [0.1, 0.15) is 19.0 Å². The number of aryl methyl sites for hydroxylation is 1. The van der Waals surface area contributed by atoms with Crippen LogP contribution in [0.1, 0.15) is 16.7 Å². The number of carbonyl (C=O) groups excluding carboxylic acids is 1. The van der Waals surface area contributed by atoms with Crippen LogP contribution < -0.4 is 10.6 Å². The molecule has 0 saturated heterocycles. The summed E-state index contributed by atoms with van der Waals surface area (Å²) in [6, 6.07) is 1.37. The highest BCUT2D eigenvalue weighted by Gasteiger charge is 2.49. The molecule has 2 atom stereocenters. The van der Waals surface area contributed by atoms with E-state index >= 15 is 0 Å². The minimum atomic E-state index is -4.88. The normalized spacial score (nSPS) is 17.6. The molecule has 1 unspecified atom stereocenters. The van der Waals surface area contributed by atoms with Crippen molar-refractivity contribution in [1.29, 1.82) is 0 Å². The molecule has 7 nitrogen and oxygen atoms in total. The molecular weight excluding hydrogens is 395 g/mol. The number of nitrogens with two attached hydrogens (primary N) is 1. The number of alkyl halides is 3. The summed E-state index contributed by atoms with van der Waals surface area (Å²) < 4.78 is 50.3. The molecule has 1 heterocycles. The van der Waals surface area contributed by atoms with Gasteiger partial charge in [0, 0.05) is 10.6 Å². The molecule has 2 rings (SSSR count). The molecule has 0 saturated carbocycles. The number of esters is 1. The van der Waals surface area contributed by atoms with Gasteiger partial charge < -0.3 is 14.3 Å². The van der Waals surface area contributed by atoms with Gasteiger partial charge in [0.2, 0.25) is 6.10 Å². The standard InChI is InChI=1S/C16H17ClF3NO6/c1-7-3-12-10(8(2)13(7)17)4-11(14(27-12)16(18,19)20)15(22)26-9(5-24-21)6-25-23/h3-4,9,14,23H,5-6,21H2,1-2H3/t9?,14-/m0/s1. The van der Waals surface area contributed by atoms with Gasteiger partial charge >= 0.3 is 12.1 Å². The third kappa shape index (κ3) is 4.71. The van der Waals surface area contributed by atoms with E-state index in [1.165, 1.54) is 6.07 Å². The van der Waals surface area contributed by atoms with Crippen LogP contribution in [0.2, 0.25) is 5.02 Å². The van der Waals surface area contributed by atoms with Crippen LogP contribution >= 0.6 is 11.6 Å². The number of hydrogen-bond donors (Lipinski definition) is 2. The molecule has 0 fully saturated rings. The van der Waals surface area contributed by atoms with Crippen molar-refractivity contribution in [2.45, 2.75) is 32.2 Å². The van der Waals surface area contributed by atoms with Crippen LogP contribution in [0.3, 0.4) is 0 Å². The molecule has 0 radical (unpaired) electrons. The van der Waals surface area contributed by atoms with Crippen molar-refractivity contribution in [3.05, 3.63) is 33.4 Å². The Morgan fingerprint density at radius 2 is 2.07 bits per heavy atom. The third-order valence-corrected chi connectivity index (χ3v) is 4.45. The Kier molecular flexibility index (Phi) is 6.71. The summed E-state index contributed by atoms with van der Waals surface area (Å²) >= 11 is 6.14. The molecule has 1 aromatic carbocycles. The Morgan fingerprint density at radius 1 is 1.41 bits per heavy atom. The maximum Gasteiger partial charge on any atom is 0.430 e. The predicted molar refractivity (Wildman–Crippen MR) is 88.0 cm³/mol. The lowest BCUT2D eigenvalue weighted by atomic mass is 9.96. The summed E-state index contributed by atoms with van der Waals surface area (Å²) in [7, 11) is 0. The van der Waals surface area contributed by atoms with Crippen LogP contribution in [0.5, 0.6) is 5.75 Å². The molecule has 0 bridgehead atoms. The lowest BCUT2D eigenvalue weighted by molar-refractivity contribution is -0.262. The summed E-state index contributed by atoms with van der Waals surface area (Å²) in [6.45, 7) is 2.27. The van der Waals surface area contributed by atoms with E-state index in [0.717, 1.165) is 6.08 Å². The molecule has 1 aliphatic rings. The lowest BCUT2D eigenvalue weighted by Gasteiger charge is -2.29. The fraction of sp³-hybridized carbons (Fsp3) is 0.438. The second kappa shape index (κ2) is 8.44. The molecule has 0 aliphatic carbocycles. The first-order valence-electron chi connectivity index (χ1n) is 7.63. The molecule has 0 amide bonds. The lowest BCUT2D eigenvalue weighted by Crippen LogP contribution is -2.42. The predicted octanol–water partition coefficient (Wildman–Crippen LogP) is 2.96. The van der Waals surface area contributed by atoms with Gasteiger partial charge in [-0.05, 0) is 37.1 Å². The Hall–Kier alpha value is -1.85. The average Bonchev–Trinajstić information content (AvgIpc) is 2.58. The summed E-state index contributed by atoms with van der Waals surface area (Å²) in [6.07, 6.45) is -7.62. The number of rotatable bonds is 6. The summed E-state index contributed by atoms with van der Waals surface area (Å²) in [4.78, 5) is 20.5. The van der Waals surface area contributed by atoms with E-state index in [2.05, 4.69) is 9.73 Å². The Morgan fingerprint density at radius 3 is 2.63 bits per heavy atom. The van der Waals surface area contributed by atoms with Gasteiger partial charge in [-0.2, -0.15) is 13.2 Å². The molecule has 1 aliphatic heterocycles. The van der Waals surface area contributed by atoms with Crippen LogP contribution in [0, 0.1) is 13.8 Å². The van der Waals surface area contributed by atoms with Crippen molar-refractivity contribution < 1.29 is 42.4 Å². The van der Waals surface area contributed by atoms with E-state index < -0.39 is 43.1 Å². The number of ether oxygens (including phenoxy) is 2. The minimum Gasteiger partial charge on any atom is -0.475 e. The smallest absolute Gasteiger partial charge is 0.430 e. The highest BCUT2D eigenvalue weighted by molar-refractivity contribution is 6.32. The van der Waals surface area contributed by atoms with Crippen LogP contribution in [0.15, 0.2) is 11.6 Å². The van der Waals surface area contributed by atoms with E-state index in [9.17, 15) is 18.0 Å². The van der Waals surface area contributed by atoms with Crippen molar-refractivity contribution in [2.75, 3.05) is 13.2 Å². The maximum absolute atomic E-state index is 13.5. The van der Waals surface area contributed by atoms with Crippen molar-refractivity contribution in [2.24, 2.45) is 5.90 Å². The summed E-state index contributed by atoms with van der Waals surface area (Å²) in [5, 5.41) is 8.81. The second-order valence-electron chi connectivity index (χ2n) is 5.84. The number of benzene rings is 1. The molecule has 3 N–H and O–H groups in total. The number of carbonyl (C=O) groups is 1. The van der Waals surface area contributed by atoms with E-state index in [-0.39, 0.29) is 11.3 Å². The van der Waals surface area contributed by atoms with Gasteiger partial charge in [-0.15, -0.1) is 0 Å². The Labute approximate surface area is 157 Å². The van der Waals surface area contributed by atoms with Crippen molar-refractivity contribution in [3.63, 3.8) is 0 Å². The van der Waals surface area contributed by atoms with Gasteiger partial charge in [0.15, 0.2) is 6.10 Å². The number of hydrogen-bond acceptors (Lipinski definition) is 7.